The summed E-state index contributed by atoms with van der Waals surface area (Å²) in [6.45, 7) is 3.88. The number of aryl methyl sites for hydroxylation is 1. The summed E-state index contributed by atoms with van der Waals surface area (Å²) in [7, 11) is 1.81. The fourth-order valence-corrected chi connectivity index (χ4v) is 2.15. The van der Waals surface area contributed by atoms with Crippen LogP contribution in [0.1, 0.15) is 18.3 Å². The number of hydrogen-bond donors (Lipinski definition) is 1. The number of ether oxygens (including phenoxy) is 1. The molecule has 0 aliphatic rings. The van der Waals surface area contributed by atoms with E-state index in [0.29, 0.717) is 27.5 Å². The van der Waals surface area contributed by atoms with Gasteiger partial charge in [-0.3, -0.25) is 0 Å². The predicted molar refractivity (Wildman–Crippen MR) is 82.2 cm³/mol. The minimum absolute atomic E-state index is 0.444. The summed E-state index contributed by atoms with van der Waals surface area (Å²) in [6, 6.07) is 5.07. The molecule has 1 heterocycles. The van der Waals surface area contributed by atoms with E-state index in [0.717, 1.165) is 17.8 Å². The monoisotopic (exact) mass is 311 g/mol. The zero-order chi connectivity index (χ0) is 14.7. The molecular weight excluding hydrogens is 297 g/mol. The Morgan fingerprint density at radius 3 is 2.60 bits per heavy atom. The van der Waals surface area contributed by atoms with Crippen molar-refractivity contribution in [1.29, 1.82) is 0 Å². The molecule has 0 spiro atoms. The lowest BCUT2D eigenvalue weighted by Crippen LogP contribution is -2.04. The molecule has 0 bridgehead atoms. The third kappa shape index (κ3) is 3.14. The van der Waals surface area contributed by atoms with Gasteiger partial charge < -0.3 is 10.1 Å². The molecular formula is C14H15Cl2N3O. The lowest BCUT2D eigenvalue weighted by Gasteiger charge is -2.13. The van der Waals surface area contributed by atoms with Crippen molar-refractivity contribution in [2.24, 2.45) is 0 Å². The highest BCUT2D eigenvalue weighted by atomic mass is 35.5. The number of nitrogens with zero attached hydrogens (tertiary/aromatic N) is 2. The van der Waals surface area contributed by atoms with Crippen LogP contribution in [0.5, 0.6) is 11.6 Å². The minimum atomic E-state index is 0.444. The summed E-state index contributed by atoms with van der Waals surface area (Å²) in [5.41, 5.74) is 0.829. The van der Waals surface area contributed by atoms with Gasteiger partial charge in [-0.25, -0.2) is 4.98 Å². The molecule has 1 aromatic heterocycles. The van der Waals surface area contributed by atoms with Crippen LogP contribution in [0.2, 0.25) is 10.0 Å². The Labute approximate surface area is 128 Å². The van der Waals surface area contributed by atoms with Gasteiger partial charge in [0.05, 0.1) is 10.6 Å². The minimum Gasteiger partial charge on any atom is -0.437 e. The fraction of sp³-hybridized carbons (Fsp3) is 0.286. The third-order valence-corrected chi connectivity index (χ3v) is 3.33. The number of nitrogens with one attached hydrogen (secondary N) is 1. The molecule has 0 saturated carbocycles. The van der Waals surface area contributed by atoms with Crippen molar-refractivity contribution in [3.05, 3.63) is 39.6 Å². The first-order valence-corrected chi connectivity index (χ1v) is 6.99. The quantitative estimate of drug-likeness (QED) is 0.903. The molecule has 0 fully saturated rings. The van der Waals surface area contributed by atoms with E-state index in [-0.39, 0.29) is 0 Å². The van der Waals surface area contributed by atoms with Gasteiger partial charge >= 0.3 is 0 Å². The molecule has 106 valence electrons. The van der Waals surface area contributed by atoms with Crippen LogP contribution in [0.15, 0.2) is 18.2 Å². The number of hydrogen-bond acceptors (Lipinski definition) is 4. The van der Waals surface area contributed by atoms with Crippen molar-refractivity contribution < 1.29 is 4.74 Å². The van der Waals surface area contributed by atoms with Crippen LogP contribution >= 0.6 is 23.2 Å². The van der Waals surface area contributed by atoms with Crippen molar-refractivity contribution in [3.8, 4) is 11.6 Å². The second-order valence-electron chi connectivity index (χ2n) is 4.20. The van der Waals surface area contributed by atoms with Crippen LogP contribution in [0.3, 0.4) is 0 Å². The molecule has 0 aliphatic heterocycles. The van der Waals surface area contributed by atoms with Gasteiger partial charge in [0.25, 0.3) is 0 Å². The number of rotatable bonds is 4. The Morgan fingerprint density at radius 2 is 2.00 bits per heavy atom. The van der Waals surface area contributed by atoms with Crippen LogP contribution in [-0.2, 0) is 6.42 Å². The molecule has 1 aromatic carbocycles. The van der Waals surface area contributed by atoms with Gasteiger partial charge in [0.1, 0.15) is 17.4 Å². The largest absolute Gasteiger partial charge is 0.437 e. The molecule has 6 heteroatoms. The standard InChI is InChI=1S/C14H15Cl2N3O/c1-4-12-18-13(17-3)8(2)14(19-12)20-11-6-5-9(15)7-10(11)16/h5-7H,4H2,1-3H3,(H,17,18,19). The van der Waals surface area contributed by atoms with E-state index in [1.54, 1.807) is 18.2 Å². The topological polar surface area (TPSA) is 47.0 Å². The van der Waals surface area contributed by atoms with Crippen molar-refractivity contribution >= 4 is 29.0 Å². The van der Waals surface area contributed by atoms with Crippen LogP contribution in [-0.4, -0.2) is 17.0 Å². The lowest BCUT2D eigenvalue weighted by atomic mass is 10.3. The lowest BCUT2D eigenvalue weighted by molar-refractivity contribution is 0.455. The van der Waals surface area contributed by atoms with Gasteiger partial charge in [-0.2, -0.15) is 4.98 Å². The normalized spacial score (nSPS) is 10.4. The first kappa shape index (κ1) is 14.9. The maximum Gasteiger partial charge on any atom is 0.227 e. The first-order valence-electron chi connectivity index (χ1n) is 6.23. The molecule has 1 N–H and O–H groups in total. The SMILES string of the molecule is CCc1nc(NC)c(C)c(Oc2ccc(Cl)cc2Cl)n1. The molecule has 0 unspecified atom stereocenters. The van der Waals surface area contributed by atoms with Crippen molar-refractivity contribution in [3.63, 3.8) is 0 Å². The van der Waals surface area contributed by atoms with E-state index >= 15 is 0 Å². The van der Waals surface area contributed by atoms with E-state index in [4.69, 9.17) is 27.9 Å². The van der Waals surface area contributed by atoms with E-state index < -0.39 is 0 Å². The zero-order valence-electron chi connectivity index (χ0n) is 11.5. The van der Waals surface area contributed by atoms with Gasteiger partial charge in [0.15, 0.2) is 0 Å². The molecule has 4 nitrogen and oxygen atoms in total. The third-order valence-electron chi connectivity index (χ3n) is 2.80. The second kappa shape index (κ2) is 6.29. The number of halogens is 2. The first-order chi connectivity index (χ1) is 9.55. The summed E-state index contributed by atoms with van der Waals surface area (Å²) in [4.78, 5) is 8.79. The molecule has 0 amide bonds. The average molecular weight is 312 g/mol. The molecule has 0 radical (unpaired) electrons. The summed E-state index contributed by atoms with van der Waals surface area (Å²) in [6.07, 6.45) is 0.722. The summed E-state index contributed by atoms with van der Waals surface area (Å²) < 4.78 is 5.80. The number of aromatic nitrogens is 2. The Balaban J connectivity index is 2.42. The second-order valence-corrected chi connectivity index (χ2v) is 5.04. The van der Waals surface area contributed by atoms with Crippen molar-refractivity contribution in [1.82, 2.24) is 9.97 Å². The molecule has 0 saturated heterocycles. The molecule has 0 atom stereocenters. The Kier molecular flexibility index (Phi) is 4.68. The highest BCUT2D eigenvalue weighted by Gasteiger charge is 2.13. The Bertz CT molecular complexity index is 632. The van der Waals surface area contributed by atoms with Gasteiger partial charge in [0, 0.05) is 18.5 Å². The van der Waals surface area contributed by atoms with E-state index in [2.05, 4.69) is 15.3 Å². The smallest absolute Gasteiger partial charge is 0.227 e. The highest BCUT2D eigenvalue weighted by Crippen LogP contribution is 2.33. The molecule has 2 aromatic rings. The van der Waals surface area contributed by atoms with Crippen LogP contribution in [0.25, 0.3) is 0 Å². The van der Waals surface area contributed by atoms with Crippen LogP contribution in [0, 0.1) is 6.92 Å². The average Bonchev–Trinajstić information content (AvgIpc) is 2.43. The van der Waals surface area contributed by atoms with Crippen molar-refractivity contribution in [2.75, 3.05) is 12.4 Å². The molecule has 0 aliphatic carbocycles. The fourth-order valence-electron chi connectivity index (χ4n) is 1.70. The highest BCUT2D eigenvalue weighted by molar-refractivity contribution is 6.35. The number of benzene rings is 1. The van der Waals surface area contributed by atoms with Gasteiger partial charge in [0.2, 0.25) is 5.88 Å². The van der Waals surface area contributed by atoms with E-state index in [9.17, 15) is 0 Å². The van der Waals surface area contributed by atoms with Gasteiger partial charge in [-0.05, 0) is 25.1 Å². The predicted octanol–water partition coefficient (Wildman–Crippen LogP) is 4.49. The van der Waals surface area contributed by atoms with E-state index in [1.165, 1.54) is 0 Å². The Hall–Kier alpha value is -1.52. The summed E-state index contributed by atoms with van der Waals surface area (Å²) >= 11 is 12.0. The molecule has 2 rings (SSSR count). The van der Waals surface area contributed by atoms with Crippen LogP contribution < -0.4 is 10.1 Å². The zero-order valence-corrected chi connectivity index (χ0v) is 13.0. The van der Waals surface area contributed by atoms with Gasteiger partial charge in [-0.15, -0.1) is 0 Å². The maximum absolute atomic E-state index is 6.11. The molecule has 20 heavy (non-hydrogen) atoms. The Morgan fingerprint density at radius 1 is 1.25 bits per heavy atom. The van der Waals surface area contributed by atoms with Gasteiger partial charge in [-0.1, -0.05) is 30.1 Å². The summed E-state index contributed by atoms with van der Waals surface area (Å²) in [5, 5.41) is 4.04. The number of anilines is 1. The van der Waals surface area contributed by atoms with Crippen molar-refractivity contribution in [2.45, 2.75) is 20.3 Å². The summed E-state index contributed by atoms with van der Waals surface area (Å²) in [5.74, 6) is 2.46. The maximum atomic E-state index is 6.11. The van der Waals surface area contributed by atoms with E-state index in [1.807, 2.05) is 20.9 Å². The van der Waals surface area contributed by atoms with Crippen LogP contribution in [0.4, 0.5) is 5.82 Å².